The normalized spacial score (nSPS) is 13.2. The van der Waals surface area contributed by atoms with Gasteiger partial charge in [0.25, 0.3) is 0 Å². The zero-order valence-electron chi connectivity index (χ0n) is 10.8. The third-order valence-electron chi connectivity index (χ3n) is 3.02. The van der Waals surface area contributed by atoms with Gasteiger partial charge in [-0.3, -0.25) is 0 Å². The van der Waals surface area contributed by atoms with E-state index in [0.717, 1.165) is 12.1 Å². The molecule has 20 heavy (non-hydrogen) atoms. The molecular formula is C14H14F3N3. The van der Waals surface area contributed by atoms with Gasteiger partial charge in [-0.05, 0) is 30.8 Å². The summed E-state index contributed by atoms with van der Waals surface area (Å²) >= 11 is 0. The van der Waals surface area contributed by atoms with Crippen LogP contribution in [-0.2, 0) is 6.18 Å². The van der Waals surface area contributed by atoms with Gasteiger partial charge in [0.05, 0.1) is 11.6 Å². The second kappa shape index (κ2) is 5.50. The van der Waals surface area contributed by atoms with Crippen LogP contribution in [0.25, 0.3) is 0 Å². The fraction of sp³-hybridized carbons (Fsp3) is 0.214. The Bertz CT molecular complexity index is 596. The minimum atomic E-state index is -4.37. The van der Waals surface area contributed by atoms with Gasteiger partial charge in [-0.2, -0.15) is 13.2 Å². The molecule has 0 aliphatic rings. The molecule has 0 fully saturated rings. The Kier molecular flexibility index (Phi) is 3.94. The number of anilines is 1. The van der Waals surface area contributed by atoms with E-state index >= 15 is 0 Å². The highest BCUT2D eigenvalue weighted by atomic mass is 19.4. The van der Waals surface area contributed by atoms with Crippen molar-refractivity contribution in [2.45, 2.75) is 12.2 Å². The average molecular weight is 281 g/mol. The summed E-state index contributed by atoms with van der Waals surface area (Å²) in [5.41, 5.74) is 6.24. The maximum atomic E-state index is 12.8. The molecule has 3 nitrogen and oxygen atoms in total. The molecule has 0 amide bonds. The number of nitrogens with two attached hydrogens (primary N) is 1. The Balaban J connectivity index is 2.46. The van der Waals surface area contributed by atoms with Gasteiger partial charge in [0.1, 0.15) is 5.82 Å². The largest absolute Gasteiger partial charge is 0.416 e. The number of rotatable bonds is 3. The van der Waals surface area contributed by atoms with Crippen LogP contribution in [0, 0.1) is 0 Å². The summed E-state index contributed by atoms with van der Waals surface area (Å²) in [5.74, 6) is 0.296. The summed E-state index contributed by atoms with van der Waals surface area (Å²) in [5, 5.41) is 2.97. The van der Waals surface area contributed by atoms with Crippen LogP contribution in [0.2, 0.25) is 0 Å². The predicted octanol–water partition coefficient (Wildman–Crippen LogP) is 2.99. The topological polar surface area (TPSA) is 50.9 Å². The smallest absolute Gasteiger partial charge is 0.383 e. The van der Waals surface area contributed by atoms with Crippen LogP contribution >= 0.6 is 0 Å². The molecule has 0 aliphatic heterocycles. The van der Waals surface area contributed by atoms with Gasteiger partial charge in [0.2, 0.25) is 0 Å². The van der Waals surface area contributed by atoms with E-state index < -0.39 is 17.8 Å². The average Bonchev–Trinajstić information content (AvgIpc) is 2.41. The van der Waals surface area contributed by atoms with Crippen molar-refractivity contribution < 1.29 is 13.2 Å². The molecule has 1 atom stereocenters. The van der Waals surface area contributed by atoms with Crippen LogP contribution in [0.5, 0.6) is 0 Å². The fourth-order valence-electron chi connectivity index (χ4n) is 2.07. The van der Waals surface area contributed by atoms with Gasteiger partial charge >= 0.3 is 6.18 Å². The summed E-state index contributed by atoms with van der Waals surface area (Å²) in [7, 11) is 1.66. The van der Waals surface area contributed by atoms with Crippen molar-refractivity contribution in [1.29, 1.82) is 0 Å². The second-order valence-corrected chi connectivity index (χ2v) is 4.32. The van der Waals surface area contributed by atoms with Crippen LogP contribution < -0.4 is 11.1 Å². The fourth-order valence-corrected chi connectivity index (χ4v) is 2.07. The second-order valence-electron chi connectivity index (χ2n) is 4.32. The lowest BCUT2D eigenvalue weighted by Gasteiger charge is -2.19. The van der Waals surface area contributed by atoms with E-state index in [1.807, 2.05) is 0 Å². The first-order chi connectivity index (χ1) is 9.43. The predicted molar refractivity (Wildman–Crippen MR) is 71.0 cm³/mol. The number of aromatic nitrogens is 1. The number of hydrogen-bond donors (Lipinski definition) is 2. The number of halogens is 3. The van der Waals surface area contributed by atoms with Gasteiger partial charge in [-0.25, -0.2) is 4.98 Å². The Morgan fingerprint density at radius 1 is 1.20 bits per heavy atom. The number of hydrogen-bond acceptors (Lipinski definition) is 3. The molecule has 0 aliphatic carbocycles. The van der Waals surface area contributed by atoms with Crippen molar-refractivity contribution in [1.82, 2.24) is 10.3 Å². The summed E-state index contributed by atoms with van der Waals surface area (Å²) in [4.78, 5) is 3.96. The van der Waals surface area contributed by atoms with Crippen LogP contribution in [0.4, 0.5) is 19.0 Å². The molecule has 2 aromatic rings. The maximum absolute atomic E-state index is 12.8. The molecule has 1 aromatic carbocycles. The number of nitrogen functional groups attached to an aromatic ring is 1. The molecule has 0 spiro atoms. The van der Waals surface area contributed by atoms with Crippen LogP contribution in [0.1, 0.15) is 22.7 Å². The number of nitrogens with zero attached hydrogens (tertiary/aromatic N) is 1. The summed E-state index contributed by atoms with van der Waals surface area (Å²) in [6.45, 7) is 0. The van der Waals surface area contributed by atoms with Gasteiger partial charge in [0.15, 0.2) is 0 Å². The van der Waals surface area contributed by atoms with E-state index in [0.29, 0.717) is 16.9 Å². The first kappa shape index (κ1) is 14.3. The lowest BCUT2D eigenvalue weighted by molar-refractivity contribution is -0.137. The minimum absolute atomic E-state index is 0.296. The highest BCUT2D eigenvalue weighted by Gasteiger charge is 2.31. The molecule has 1 aromatic heterocycles. The number of benzene rings is 1. The minimum Gasteiger partial charge on any atom is -0.383 e. The third kappa shape index (κ3) is 2.91. The Morgan fingerprint density at radius 2 is 1.95 bits per heavy atom. The Hall–Kier alpha value is -2.08. The molecule has 2 rings (SSSR count). The van der Waals surface area contributed by atoms with Crippen LogP contribution in [0.15, 0.2) is 42.6 Å². The molecule has 0 radical (unpaired) electrons. The Morgan fingerprint density at radius 3 is 2.55 bits per heavy atom. The number of alkyl halides is 3. The van der Waals surface area contributed by atoms with E-state index in [2.05, 4.69) is 10.3 Å². The molecule has 1 unspecified atom stereocenters. The zero-order valence-corrected chi connectivity index (χ0v) is 10.8. The molecular weight excluding hydrogens is 267 g/mol. The lowest BCUT2D eigenvalue weighted by Crippen LogP contribution is -2.20. The van der Waals surface area contributed by atoms with Crippen molar-refractivity contribution in [2.75, 3.05) is 12.8 Å². The van der Waals surface area contributed by atoms with E-state index in [4.69, 9.17) is 5.73 Å². The van der Waals surface area contributed by atoms with Crippen molar-refractivity contribution in [2.24, 2.45) is 0 Å². The molecule has 6 heteroatoms. The number of nitrogens with one attached hydrogen (secondary N) is 1. The molecule has 0 saturated carbocycles. The first-order valence-electron chi connectivity index (χ1n) is 5.98. The molecule has 106 valence electrons. The van der Waals surface area contributed by atoms with Gasteiger partial charge < -0.3 is 11.1 Å². The van der Waals surface area contributed by atoms with Crippen molar-refractivity contribution in [3.63, 3.8) is 0 Å². The van der Waals surface area contributed by atoms with Gasteiger partial charge in [-0.1, -0.05) is 18.2 Å². The zero-order chi connectivity index (χ0) is 14.8. The van der Waals surface area contributed by atoms with E-state index in [9.17, 15) is 13.2 Å². The summed E-state index contributed by atoms with van der Waals surface area (Å²) < 4.78 is 38.3. The van der Waals surface area contributed by atoms with Crippen molar-refractivity contribution in [3.8, 4) is 0 Å². The van der Waals surface area contributed by atoms with Crippen LogP contribution in [0.3, 0.4) is 0 Å². The Labute approximate surface area is 114 Å². The van der Waals surface area contributed by atoms with Crippen molar-refractivity contribution >= 4 is 5.82 Å². The lowest BCUT2D eigenvalue weighted by atomic mass is 9.97. The van der Waals surface area contributed by atoms with Gasteiger partial charge in [-0.15, -0.1) is 0 Å². The number of pyridine rings is 1. The molecule has 1 heterocycles. The first-order valence-corrected chi connectivity index (χ1v) is 5.98. The monoisotopic (exact) mass is 281 g/mol. The SMILES string of the molecule is CNC(c1cccc(C(F)(F)F)c1)c1cccnc1N. The van der Waals surface area contributed by atoms with Gasteiger partial charge in [0, 0.05) is 11.8 Å². The third-order valence-corrected chi connectivity index (χ3v) is 3.02. The van der Waals surface area contributed by atoms with Crippen molar-refractivity contribution in [3.05, 3.63) is 59.3 Å². The van der Waals surface area contributed by atoms with E-state index in [-0.39, 0.29) is 0 Å². The molecule has 0 saturated heterocycles. The van der Waals surface area contributed by atoms with E-state index in [1.54, 1.807) is 25.2 Å². The maximum Gasteiger partial charge on any atom is 0.416 e. The highest BCUT2D eigenvalue weighted by Crippen LogP contribution is 2.32. The molecule has 0 bridgehead atoms. The standard InChI is InChI=1S/C14H14F3N3/c1-19-12(11-6-3-7-20-13(11)18)9-4-2-5-10(8-9)14(15,16)17/h2-8,12,19H,1H3,(H2,18,20). The quantitative estimate of drug-likeness (QED) is 0.909. The highest BCUT2D eigenvalue weighted by molar-refractivity contribution is 5.46. The molecule has 3 N–H and O–H groups in total. The summed E-state index contributed by atoms with van der Waals surface area (Å²) in [6.07, 6.45) is -2.83. The van der Waals surface area contributed by atoms with Crippen LogP contribution in [-0.4, -0.2) is 12.0 Å². The summed E-state index contributed by atoms with van der Waals surface area (Å²) in [6, 6.07) is 8.17. The van der Waals surface area contributed by atoms with E-state index in [1.165, 1.54) is 12.3 Å².